The predicted octanol–water partition coefficient (Wildman–Crippen LogP) is 9.40. The summed E-state index contributed by atoms with van der Waals surface area (Å²) in [6, 6.07) is 26.0. The van der Waals surface area contributed by atoms with E-state index in [-0.39, 0.29) is 37.1 Å². The van der Waals surface area contributed by atoms with E-state index < -0.39 is 13.5 Å². The molecule has 6 aromatic rings. The molecule has 243 valence electrons. The van der Waals surface area contributed by atoms with Crippen LogP contribution in [0.25, 0.3) is 54.5 Å². The van der Waals surface area contributed by atoms with E-state index in [0.29, 0.717) is 0 Å². The van der Waals surface area contributed by atoms with Gasteiger partial charge in [-0.3, -0.25) is 9.78 Å². The number of aliphatic hydroxyl groups is 1. The zero-order chi connectivity index (χ0) is 33.3. The number of carbonyl (C=O) groups is 1. The summed E-state index contributed by atoms with van der Waals surface area (Å²) in [5, 5.41) is 21.1. The number of benzene rings is 4. The average Bonchev–Trinajstić information content (AvgIpc) is 3.00. The fourth-order valence-electron chi connectivity index (χ4n) is 6.26. The van der Waals surface area contributed by atoms with E-state index in [1.54, 1.807) is 0 Å². The van der Waals surface area contributed by atoms with Crippen molar-refractivity contribution in [1.29, 1.82) is 0 Å². The Kier molecular flexibility index (Phi) is 8.89. The number of aliphatic hydroxyl groups excluding tert-OH is 1. The maximum atomic E-state index is 11.5. The molecule has 1 N–H and O–H groups in total. The molecule has 0 amide bonds. The first-order chi connectivity index (χ1) is 21.5. The van der Waals surface area contributed by atoms with Crippen LogP contribution in [0.2, 0.25) is 13.1 Å². The Morgan fingerprint density at radius 3 is 2.23 bits per heavy atom. The summed E-state index contributed by atoms with van der Waals surface area (Å²) >= 11 is 0. The average molecular weight is 816 g/mol. The summed E-state index contributed by atoms with van der Waals surface area (Å²) in [5.41, 5.74) is 4.97. The number of aromatic nitrogens is 2. The number of hydrogen-bond donors (Lipinski definition) is 1. The van der Waals surface area contributed by atoms with Crippen LogP contribution in [0.1, 0.15) is 52.7 Å². The molecule has 7 rings (SSSR count). The third kappa shape index (κ3) is 5.97. The van der Waals surface area contributed by atoms with Crippen molar-refractivity contribution < 1.29 is 30.0 Å². The molecule has 0 fully saturated rings. The Bertz CT molecular complexity index is 2260. The number of hydrogen-bond acceptors (Lipinski definition) is 4. The Morgan fingerprint density at radius 1 is 0.851 bits per heavy atom. The summed E-state index contributed by atoms with van der Waals surface area (Å²) < 4.78 is 0. The normalized spacial score (nSPS) is 14.0. The molecular formula is C41H43IrN2O2Si-. The van der Waals surface area contributed by atoms with Crippen LogP contribution in [-0.2, 0) is 24.9 Å². The molecule has 1 aliphatic rings. The van der Waals surface area contributed by atoms with E-state index in [2.05, 4.69) is 93.7 Å². The molecular weight excluding hydrogens is 773 g/mol. The van der Waals surface area contributed by atoms with Crippen LogP contribution in [0.3, 0.4) is 0 Å². The maximum Gasteiger partial charge on any atom is 0.164 e. The van der Waals surface area contributed by atoms with E-state index in [1.807, 2.05) is 47.7 Å². The molecule has 3 heterocycles. The summed E-state index contributed by atoms with van der Waals surface area (Å²) in [5.74, 6) is 0.104. The van der Waals surface area contributed by atoms with E-state index in [0.717, 1.165) is 22.2 Å². The topological polar surface area (TPSA) is 63.1 Å². The van der Waals surface area contributed by atoms with E-state index in [1.165, 1.54) is 60.0 Å². The maximum absolute atomic E-state index is 11.5. The van der Waals surface area contributed by atoms with Crippen molar-refractivity contribution in [2.75, 3.05) is 0 Å². The summed E-state index contributed by atoms with van der Waals surface area (Å²) in [7, 11) is -2.11. The fourth-order valence-corrected chi connectivity index (χ4v) is 9.10. The molecule has 4 nitrogen and oxygen atoms in total. The van der Waals surface area contributed by atoms with Gasteiger partial charge in [-0.15, -0.1) is 12.1 Å². The van der Waals surface area contributed by atoms with Gasteiger partial charge in [0.15, 0.2) is 5.78 Å². The van der Waals surface area contributed by atoms with Crippen LogP contribution in [0.5, 0.6) is 0 Å². The molecule has 0 unspecified atom stereocenters. The monoisotopic (exact) mass is 816 g/mol. The number of nitrogens with zero attached hydrogens (tertiary/aromatic N) is 2. The van der Waals surface area contributed by atoms with Crippen molar-refractivity contribution in [2.45, 2.75) is 68.5 Å². The van der Waals surface area contributed by atoms with E-state index in [9.17, 15) is 9.90 Å². The van der Waals surface area contributed by atoms with Gasteiger partial charge in [-0.1, -0.05) is 130 Å². The van der Waals surface area contributed by atoms with Gasteiger partial charge in [-0.2, -0.15) is 0 Å². The zero-order valence-corrected chi connectivity index (χ0v) is 32.4. The van der Waals surface area contributed by atoms with Gasteiger partial charge in [-0.05, 0) is 63.1 Å². The largest absolute Gasteiger partial charge is 0.512 e. The smallest absolute Gasteiger partial charge is 0.164 e. The second kappa shape index (κ2) is 12.1. The molecule has 4 aromatic carbocycles. The molecule has 0 spiro atoms. The minimum atomic E-state index is -2.11. The van der Waals surface area contributed by atoms with Gasteiger partial charge in [0, 0.05) is 48.9 Å². The summed E-state index contributed by atoms with van der Waals surface area (Å²) in [6.07, 6.45) is 3.29. The molecule has 47 heavy (non-hydrogen) atoms. The first kappa shape index (κ1) is 34.6. The van der Waals surface area contributed by atoms with Crippen molar-refractivity contribution in [3.05, 3.63) is 95.9 Å². The molecule has 6 heteroatoms. The van der Waals surface area contributed by atoms with Crippen LogP contribution in [0.15, 0.2) is 78.7 Å². The standard InChI is InChI=1S/C30H23N2Si.C11H20O2.Ir/c1-17-9-10-20-15-25-29-27-23(13-14-31-29)22-12-11-19-7-5-6-8-21(19)24(22)16-26(27)33(3,4)30(25)32-28(20)18(17)2;1-10(2,3)8(12)7-9(13)11(4,5)6;/h5-14,16H,1-4H3;7,12H,1-6H3;/q-1;;/b;8-7-;. The number of fused-ring (bicyclic) bond motifs is 7. The SMILES string of the molecule is CC(C)(C)C(=O)/C=C(\O)C(C)(C)C.Cc1ccc2[c-]c3c(nc2c1C)[Si](C)(C)c1cc2c4ccccc4ccc2c2ccnc-3c12.[Ir]. The van der Waals surface area contributed by atoms with Gasteiger partial charge in [0.05, 0.1) is 8.07 Å². The molecule has 0 atom stereocenters. The van der Waals surface area contributed by atoms with Crippen LogP contribution in [-0.4, -0.2) is 28.9 Å². The second-order valence-electron chi connectivity index (χ2n) is 15.3. The Morgan fingerprint density at radius 2 is 1.55 bits per heavy atom. The Labute approximate surface area is 292 Å². The first-order valence-electron chi connectivity index (χ1n) is 16.0. The van der Waals surface area contributed by atoms with Crippen LogP contribution >= 0.6 is 0 Å². The van der Waals surface area contributed by atoms with Crippen molar-refractivity contribution >= 4 is 67.6 Å². The number of pyridine rings is 2. The molecule has 0 bridgehead atoms. The Hall–Kier alpha value is -3.70. The van der Waals surface area contributed by atoms with Gasteiger partial charge in [0.1, 0.15) is 5.76 Å². The molecule has 0 saturated carbocycles. The Balaban J connectivity index is 0.000000267. The molecule has 0 aliphatic carbocycles. The molecule has 1 radical (unpaired) electrons. The van der Waals surface area contributed by atoms with Gasteiger partial charge in [-0.25, -0.2) is 0 Å². The van der Waals surface area contributed by atoms with Crippen LogP contribution in [0, 0.1) is 30.7 Å². The number of rotatable bonds is 1. The number of carbonyl (C=O) groups excluding carboxylic acids is 1. The van der Waals surface area contributed by atoms with Crippen molar-refractivity contribution in [2.24, 2.45) is 10.8 Å². The van der Waals surface area contributed by atoms with Crippen LogP contribution < -0.4 is 10.5 Å². The zero-order valence-electron chi connectivity index (χ0n) is 29.0. The van der Waals surface area contributed by atoms with Crippen LogP contribution in [0.4, 0.5) is 0 Å². The summed E-state index contributed by atoms with van der Waals surface area (Å²) in [6.45, 7) is 20.3. The number of allylic oxidation sites excluding steroid dienone is 2. The van der Waals surface area contributed by atoms with Crippen molar-refractivity contribution in [3.8, 4) is 11.3 Å². The van der Waals surface area contributed by atoms with E-state index in [4.69, 9.17) is 9.97 Å². The molecule has 2 aromatic heterocycles. The molecule has 0 saturated heterocycles. The first-order valence-corrected chi connectivity index (χ1v) is 19.0. The van der Waals surface area contributed by atoms with Gasteiger partial charge in [0.25, 0.3) is 0 Å². The minimum Gasteiger partial charge on any atom is -0.512 e. The quantitative estimate of drug-likeness (QED) is 0.0591. The number of aryl methyl sites for hydroxylation is 2. The molecule has 1 aliphatic heterocycles. The predicted molar refractivity (Wildman–Crippen MR) is 197 cm³/mol. The van der Waals surface area contributed by atoms with Crippen molar-refractivity contribution in [3.63, 3.8) is 0 Å². The minimum absolute atomic E-state index is 0. The van der Waals surface area contributed by atoms with E-state index >= 15 is 0 Å². The fraction of sp³-hybridized carbons (Fsp3) is 0.293. The van der Waals surface area contributed by atoms with Gasteiger partial charge < -0.3 is 10.1 Å². The third-order valence-corrected chi connectivity index (χ3v) is 12.8. The third-order valence-electron chi connectivity index (χ3n) is 9.47. The number of ketones is 1. The second-order valence-corrected chi connectivity index (χ2v) is 19.5. The van der Waals surface area contributed by atoms with Gasteiger partial charge in [0.2, 0.25) is 0 Å². The van der Waals surface area contributed by atoms with Crippen molar-refractivity contribution in [1.82, 2.24) is 9.97 Å². The van der Waals surface area contributed by atoms with Gasteiger partial charge >= 0.3 is 0 Å². The summed E-state index contributed by atoms with van der Waals surface area (Å²) in [4.78, 5) is 21.7.